The molecule has 1 fully saturated rings. The van der Waals surface area contributed by atoms with E-state index in [2.05, 4.69) is 41.6 Å². The SMILES string of the molecule is CCCNC(=O)CN1CCC(NC(=O)[C@H](C)N[C@H](C)C(C)C)CC1. The minimum atomic E-state index is -0.180. The maximum Gasteiger partial charge on any atom is 0.237 e. The normalized spacial score (nSPS) is 19.1. The summed E-state index contributed by atoms with van der Waals surface area (Å²) in [5, 5.41) is 9.40. The van der Waals surface area contributed by atoms with Gasteiger partial charge >= 0.3 is 0 Å². The first-order valence-corrected chi connectivity index (χ1v) is 9.39. The number of nitrogens with one attached hydrogen (secondary N) is 3. The zero-order valence-corrected chi connectivity index (χ0v) is 16.0. The van der Waals surface area contributed by atoms with Crippen LogP contribution in [-0.4, -0.2) is 61.0 Å². The molecule has 6 nitrogen and oxygen atoms in total. The van der Waals surface area contributed by atoms with E-state index < -0.39 is 0 Å². The van der Waals surface area contributed by atoms with Gasteiger partial charge in [0.25, 0.3) is 0 Å². The van der Waals surface area contributed by atoms with Crippen LogP contribution in [0.1, 0.15) is 53.9 Å². The molecule has 1 heterocycles. The van der Waals surface area contributed by atoms with Gasteiger partial charge in [-0.05, 0) is 39.0 Å². The van der Waals surface area contributed by atoms with Crippen LogP contribution in [0.4, 0.5) is 0 Å². The van der Waals surface area contributed by atoms with Crippen molar-refractivity contribution in [2.45, 2.75) is 72.0 Å². The minimum absolute atomic E-state index is 0.0710. The molecule has 2 amide bonds. The Kier molecular flexibility index (Phi) is 9.29. The van der Waals surface area contributed by atoms with Gasteiger partial charge in [0, 0.05) is 31.7 Å². The van der Waals surface area contributed by atoms with E-state index in [0.29, 0.717) is 18.5 Å². The highest BCUT2D eigenvalue weighted by molar-refractivity contribution is 5.81. The molecule has 0 radical (unpaired) electrons. The second-order valence-corrected chi connectivity index (χ2v) is 7.33. The zero-order valence-electron chi connectivity index (χ0n) is 16.0. The molecule has 0 aromatic heterocycles. The number of hydrogen-bond donors (Lipinski definition) is 3. The lowest BCUT2D eigenvalue weighted by Gasteiger charge is -2.32. The summed E-state index contributed by atoms with van der Waals surface area (Å²) >= 11 is 0. The van der Waals surface area contributed by atoms with Gasteiger partial charge in [-0.3, -0.25) is 14.5 Å². The van der Waals surface area contributed by atoms with Gasteiger partial charge in [-0.25, -0.2) is 0 Å². The van der Waals surface area contributed by atoms with Crippen LogP contribution in [0.15, 0.2) is 0 Å². The van der Waals surface area contributed by atoms with Crippen LogP contribution in [0, 0.1) is 5.92 Å². The van der Waals surface area contributed by atoms with Gasteiger partial charge in [0.1, 0.15) is 0 Å². The first-order valence-electron chi connectivity index (χ1n) is 9.39. The highest BCUT2D eigenvalue weighted by Crippen LogP contribution is 2.10. The third-order valence-electron chi connectivity index (χ3n) is 4.78. The fourth-order valence-electron chi connectivity index (χ4n) is 2.75. The number of likely N-dealkylation sites (tertiary alicyclic amines) is 1. The quantitative estimate of drug-likeness (QED) is 0.588. The maximum absolute atomic E-state index is 12.3. The van der Waals surface area contributed by atoms with Crippen molar-refractivity contribution in [3.63, 3.8) is 0 Å². The Morgan fingerprint density at radius 2 is 1.75 bits per heavy atom. The van der Waals surface area contributed by atoms with Gasteiger partial charge in [0.05, 0.1) is 12.6 Å². The Morgan fingerprint density at radius 3 is 2.29 bits per heavy atom. The number of hydrogen-bond acceptors (Lipinski definition) is 4. The number of amides is 2. The summed E-state index contributed by atoms with van der Waals surface area (Å²) in [6, 6.07) is 0.348. The molecule has 1 aliphatic heterocycles. The second-order valence-electron chi connectivity index (χ2n) is 7.33. The van der Waals surface area contributed by atoms with E-state index in [9.17, 15) is 9.59 Å². The number of carbonyl (C=O) groups excluding carboxylic acids is 2. The number of carbonyl (C=O) groups is 2. The molecule has 6 heteroatoms. The molecule has 1 saturated heterocycles. The van der Waals surface area contributed by atoms with Crippen LogP contribution in [0.25, 0.3) is 0 Å². The Balaban J connectivity index is 2.27. The molecular formula is C18H36N4O2. The molecule has 1 rings (SSSR count). The van der Waals surface area contributed by atoms with Crippen molar-refractivity contribution in [2.24, 2.45) is 5.92 Å². The smallest absolute Gasteiger partial charge is 0.237 e. The fraction of sp³-hybridized carbons (Fsp3) is 0.889. The van der Waals surface area contributed by atoms with E-state index in [-0.39, 0.29) is 23.9 Å². The van der Waals surface area contributed by atoms with Gasteiger partial charge in [-0.2, -0.15) is 0 Å². The second kappa shape index (κ2) is 10.7. The molecule has 0 aromatic rings. The van der Waals surface area contributed by atoms with E-state index >= 15 is 0 Å². The lowest BCUT2D eigenvalue weighted by atomic mass is 10.0. The van der Waals surface area contributed by atoms with Crippen molar-refractivity contribution >= 4 is 11.8 Å². The number of nitrogens with zero attached hydrogens (tertiary/aromatic N) is 1. The van der Waals surface area contributed by atoms with E-state index in [4.69, 9.17) is 0 Å². The summed E-state index contributed by atoms with van der Waals surface area (Å²) in [6.45, 7) is 13.3. The molecule has 0 saturated carbocycles. The molecule has 0 aliphatic carbocycles. The maximum atomic E-state index is 12.3. The average Bonchev–Trinajstić information content (AvgIpc) is 2.54. The fourth-order valence-corrected chi connectivity index (χ4v) is 2.75. The zero-order chi connectivity index (χ0) is 18.1. The highest BCUT2D eigenvalue weighted by Gasteiger charge is 2.24. The third-order valence-corrected chi connectivity index (χ3v) is 4.78. The summed E-state index contributed by atoms with van der Waals surface area (Å²) < 4.78 is 0. The largest absolute Gasteiger partial charge is 0.355 e. The van der Waals surface area contributed by atoms with Crippen LogP contribution >= 0.6 is 0 Å². The van der Waals surface area contributed by atoms with Crippen LogP contribution in [0.5, 0.6) is 0 Å². The van der Waals surface area contributed by atoms with Crippen molar-refractivity contribution in [1.82, 2.24) is 20.9 Å². The predicted octanol–water partition coefficient (Wildman–Crippen LogP) is 1.12. The van der Waals surface area contributed by atoms with Crippen molar-refractivity contribution in [3.05, 3.63) is 0 Å². The Morgan fingerprint density at radius 1 is 1.12 bits per heavy atom. The highest BCUT2D eigenvalue weighted by atomic mass is 16.2. The van der Waals surface area contributed by atoms with Crippen LogP contribution in [0.2, 0.25) is 0 Å². The molecule has 0 bridgehead atoms. The van der Waals surface area contributed by atoms with Gasteiger partial charge < -0.3 is 16.0 Å². The molecule has 0 aromatic carbocycles. The molecule has 0 unspecified atom stereocenters. The molecule has 2 atom stereocenters. The van der Waals surface area contributed by atoms with Crippen molar-refractivity contribution in [2.75, 3.05) is 26.2 Å². The summed E-state index contributed by atoms with van der Waals surface area (Å²) in [6.07, 6.45) is 2.76. The van der Waals surface area contributed by atoms with Crippen molar-refractivity contribution < 1.29 is 9.59 Å². The first-order chi connectivity index (χ1) is 11.3. The van der Waals surface area contributed by atoms with Crippen LogP contribution < -0.4 is 16.0 Å². The number of piperidine rings is 1. The summed E-state index contributed by atoms with van der Waals surface area (Å²) in [5.74, 6) is 0.670. The molecule has 3 N–H and O–H groups in total. The third kappa shape index (κ3) is 7.62. The van der Waals surface area contributed by atoms with Gasteiger partial charge in [0.15, 0.2) is 0 Å². The molecule has 140 valence electrons. The average molecular weight is 341 g/mol. The van der Waals surface area contributed by atoms with E-state index in [1.807, 2.05) is 13.8 Å². The monoisotopic (exact) mass is 340 g/mol. The Hall–Kier alpha value is -1.14. The van der Waals surface area contributed by atoms with Crippen molar-refractivity contribution in [3.8, 4) is 0 Å². The molecule has 1 aliphatic rings. The summed E-state index contributed by atoms with van der Waals surface area (Å²) in [7, 11) is 0. The van der Waals surface area contributed by atoms with Gasteiger partial charge in [-0.15, -0.1) is 0 Å². The predicted molar refractivity (Wildman–Crippen MR) is 97.8 cm³/mol. The van der Waals surface area contributed by atoms with Crippen LogP contribution in [-0.2, 0) is 9.59 Å². The lowest BCUT2D eigenvalue weighted by Crippen LogP contribution is -2.52. The van der Waals surface area contributed by atoms with Gasteiger partial charge in [-0.1, -0.05) is 20.8 Å². The molecule has 24 heavy (non-hydrogen) atoms. The Labute approximate surface area is 147 Å². The van der Waals surface area contributed by atoms with Crippen LogP contribution in [0.3, 0.4) is 0 Å². The molecule has 0 spiro atoms. The van der Waals surface area contributed by atoms with E-state index in [1.165, 1.54) is 0 Å². The van der Waals surface area contributed by atoms with Gasteiger partial charge in [0.2, 0.25) is 11.8 Å². The summed E-state index contributed by atoms with van der Waals surface area (Å²) in [5.41, 5.74) is 0. The van der Waals surface area contributed by atoms with E-state index in [0.717, 1.165) is 38.9 Å². The topological polar surface area (TPSA) is 73.5 Å². The minimum Gasteiger partial charge on any atom is -0.355 e. The standard InChI is InChI=1S/C18H36N4O2/c1-6-9-19-17(23)12-22-10-7-16(8-11-22)21-18(24)15(5)20-14(4)13(2)3/h13-16,20H,6-12H2,1-5H3,(H,19,23)(H,21,24)/t14-,15+/m1/s1. The summed E-state index contributed by atoms with van der Waals surface area (Å²) in [4.78, 5) is 26.2. The Bertz CT molecular complexity index is 392. The van der Waals surface area contributed by atoms with Crippen molar-refractivity contribution in [1.29, 1.82) is 0 Å². The molecular weight excluding hydrogens is 304 g/mol. The lowest BCUT2D eigenvalue weighted by molar-refractivity contribution is -0.125. The van der Waals surface area contributed by atoms with E-state index in [1.54, 1.807) is 0 Å². The first kappa shape index (κ1) is 20.9. The number of rotatable bonds is 9.